The van der Waals surface area contributed by atoms with Gasteiger partial charge in [-0.3, -0.25) is 0 Å². The third-order valence-electron chi connectivity index (χ3n) is 1.34. The van der Waals surface area contributed by atoms with Crippen molar-refractivity contribution in [2.75, 3.05) is 0 Å². The summed E-state index contributed by atoms with van der Waals surface area (Å²) in [5.74, 6) is 1.29. The van der Waals surface area contributed by atoms with Gasteiger partial charge in [0.1, 0.15) is 5.82 Å². The highest BCUT2D eigenvalue weighted by Gasteiger charge is 2.01. The quantitative estimate of drug-likeness (QED) is 0.641. The summed E-state index contributed by atoms with van der Waals surface area (Å²) in [6.45, 7) is 0. The van der Waals surface area contributed by atoms with Gasteiger partial charge >= 0.3 is 0 Å². The summed E-state index contributed by atoms with van der Waals surface area (Å²) in [6.07, 6.45) is 5.17. The van der Waals surface area contributed by atoms with Crippen molar-refractivity contribution in [2.24, 2.45) is 0 Å². The maximum atomic E-state index is 4.57. The average molecular weight is 162 g/mol. The predicted octanol–water partition coefficient (Wildman–Crippen LogP) is 0.450. The Morgan fingerprint density at radius 2 is 1.92 bits per heavy atom. The fourth-order valence-electron chi connectivity index (χ4n) is 0.833. The summed E-state index contributed by atoms with van der Waals surface area (Å²) in [4.78, 5) is 11.9. The summed E-state index contributed by atoms with van der Waals surface area (Å²) >= 11 is 0. The second-order valence-electron chi connectivity index (χ2n) is 2.19. The molecule has 0 saturated heterocycles. The Hall–Kier alpha value is -1.78. The van der Waals surface area contributed by atoms with Crippen LogP contribution in [0.1, 0.15) is 11.6 Å². The standard InChI is InChI=1S/C7H6N4O/c1-2-8-6(9-3-1)4-7-10-5-12-11-7/h1-3,5H,4H2. The molecule has 0 aliphatic carbocycles. The monoisotopic (exact) mass is 162 g/mol. The minimum absolute atomic E-state index is 0.511. The Kier molecular flexibility index (Phi) is 1.77. The normalized spacial score (nSPS) is 10.0. The molecule has 0 radical (unpaired) electrons. The molecule has 0 atom stereocenters. The molecular formula is C7H6N4O. The molecule has 12 heavy (non-hydrogen) atoms. The molecule has 0 aliphatic rings. The van der Waals surface area contributed by atoms with Crippen molar-refractivity contribution in [3.63, 3.8) is 0 Å². The first-order valence-electron chi connectivity index (χ1n) is 3.46. The van der Waals surface area contributed by atoms with Crippen molar-refractivity contribution in [3.8, 4) is 0 Å². The topological polar surface area (TPSA) is 64.7 Å². The van der Waals surface area contributed by atoms with Crippen molar-refractivity contribution in [1.82, 2.24) is 20.1 Å². The van der Waals surface area contributed by atoms with Crippen LogP contribution in [0.3, 0.4) is 0 Å². The van der Waals surface area contributed by atoms with Gasteiger partial charge in [0.25, 0.3) is 0 Å². The molecule has 5 nitrogen and oxygen atoms in total. The lowest BCUT2D eigenvalue weighted by Gasteiger charge is -1.91. The summed E-state index contributed by atoms with van der Waals surface area (Å²) in [7, 11) is 0. The van der Waals surface area contributed by atoms with Gasteiger partial charge in [-0.15, -0.1) is 0 Å². The maximum absolute atomic E-state index is 4.57. The molecule has 2 rings (SSSR count). The highest BCUT2D eigenvalue weighted by atomic mass is 16.5. The molecule has 5 heteroatoms. The Bertz CT molecular complexity index is 332. The molecule has 0 N–H and O–H groups in total. The minimum atomic E-state index is 0.511. The Morgan fingerprint density at radius 1 is 1.08 bits per heavy atom. The van der Waals surface area contributed by atoms with Gasteiger partial charge in [0.15, 0.2) is 5.82 Å². The van der Waals surface area contributed by atoms with Crippen LogP contribution in [-0.2, 0) is 6.42 Å². The number of aromatic nitrogens is 4. The minimum Gasteiger partial charge on any atom is -0.343 e. The Morgan fingerprint density at radius 3 is 2.58 bits per heavy atom. The highest BCUT2D eigenvalue weighted by molar-refractivity contribution is 4.97. The summed E-state index contributed by atoms with van der Waals surface area (Å²) < 4.78 is 4.57. The van der Waals surface area contributed by atoms with Crippen molar-refractivity contribution >= 4 is 0 Å². The van der Waals surface area contributed by atoms with Crippen LogP contribution < -0.4 is 0 Å². The van der Waals surface area contributed by atoms with Gasteiger partial charge in [-0.05, 0) is 6.07 Å². The zero-order chi connectivity index (χ0) is 8.23. The van der Waals surface area contributed by atoms with Gasteiger partial charge in [0.2, 0.25) is 6.39 Å². The zero-order valence-corrected chi connectivity index (χ0v) is 6.21. The van der Waals surface area contributed by atoms with E-state index in [1.165, 1.54) is 6.39 Å². The Balaban J connectivity index is 2.15. The van der Waals surface area contributed by atoms with Gasteiger partial charge in [0.05, 0.1) is 6.42 Å². The van der Waals surface area contributed by atoms with Gasteiger partial charge < -0.3 is 4.52 Å². The zero-order valence-electron chi connectivity index (χ0n) is 6.21. The first-order valence-corrected chi connectivity index (χ1v) is 3.46. The third kappa shape index (κ3) is 1.45. The molecule has 0 bridgehead atoms. The summed E-state index contributed by atoms with van der Waals surface area (Å²) in [5.41, 5.74) is 0. The van der Waals surface area contributed by atoms with Crippen LogP contribution in [0.4, 0.5) is 0 Å². The van der Waals surface area contributed by atoms with Gasteiger partial charge in [-0.25, -0.2) is 9.97 Å². The first kappa shape index (κ1) is 6.90. The van der Waals surface area contributed by atoms with E-state index in [0.717, 1.165) is 0 Å². The van der Waals surface area contributed by atoms with Crippen LogP contribution in [0, 0.1) is 0 Å². The van der Waals surface area contributed by atoms with Crippen molar-refractivity contribution in [3.05, 3.63) is 36.5 Å². The van der Waals surface area contributed by atoms with E-state index < -0.39 is 0 Å². The fraction of sp³-hybridized carbons (Fsp3) is 0.143. The Labute approximate surface area is 68.5 Å². The second-order valence-corrected chi connectivity index (χ2v) is 2.19. The van der Waals surface area contributed by atoms with E-state index in [1.54, 1.807) is 18.5 Å². The van der Waals surface area contributed by atoms with E-state index in [4.69, 9.17) is 0 Å². The smallest absolute Gasteiger partial charge is 0.213 e. The van der Waals surface area contributed by atoms with E-state index in [2.05, 4.69) is 24.6 Å². The molecule has 0 saturated carbocycles. The van der Waals surface area contributed by atoms with Crippen molar-refractivity contribution < 1.29 is 4.52 Å². The molecule has 0 aromatic carbocycles. The number of rotatable bonds is 2. The van der Waals surface area contributed by atoms with Crippen molar-refractivity contribution in [2.45, 2.75) is 6.42 Å². The van der Waals surface area contributed by atoms with Gasteiger partial charge in [-0.2, -0.15) is 4.98 Å². The molecule has 0 unspecified atom stereocenters. The number of nitrogens with zero attached hydrogens (tertiary/aromatic N) is 4. The van der Waals surface area contributed by atoms with Crippen LogP contribution >= 0.6 is 0 Å². The number of hydrogen-bond donors (Lipinski definition) is 0. The molecule has 0 aliphatic heterocycles. The summed E-state index contributed by atoms with van der Waals surface area (Å²) in [6, 6.07) is 1.76. The molecule has 0 fully saturated rings. The molecule has 60 valence electrons. The molecule has 2 aromatic rings. The maximum Gasteiger partial charge on any atom is 0.213 e. The van der Waals surface area contributed by atoms with Crippen LogP contribution in [0.15, 0.2) is 29.4 Å². The van der Waals surface area contributed by atoms with Crippen LogP contribution in [-0.4, -0.2) is 20.1 Å². The molecule has 0 amide bonds. The van der Waals surface area contributed by atoms with E-state index in [-0.39, 0.29) is 0 Å². The lowest BCUT2D eigenvalue weighted by Crippen LogP contribution is -1.96. The lowest BCUT2D eigenvalue weighted by molar-refractivity contribution is 0.411. The SMILES string of the molecule is c1cnc(Cc2ncon2)nc1. The third-order valence-corrected chi connectivity index (χ3v) is 1.34. The second kappa shape index (κ2) is 3.08. The molecule has 2 heterocycles. The van der Waals surface area contributed by atoms with E-state index in [1.807, 2.05) is 0 Å². The van der Waals surface area contributed by atoms with Crippen LogP contribution in [0.5, 0.6) is 0 Å². The fourth-order valence-corrected chi connectivity index (χ4v) is 0.833. The highest BCUT2D eigenvalue weighted by Crippen LogP contribution is 1.96. The molecule has 2 aromatic heterocycles. The van der Waals surface area contributed by atoms with Crippen LogP contribution in [0.2, 0.25) is 0 Å². The largest absolute Gasteiger partial charge is 0.343 e. The van der Waals surface area contributed by atoms with E-state index in [0.29, 0.717) is 18.1 Å². The first-order chi connectivity index (χ1) is 5.95. The van der Waals surface area contributed by atoms with E-state index in [9.17, 15) is 0 Å². The summed E-state index contributed by atoms with van der Waals surface area (Å²) in [5, 5.41) is 3.65. The van der Waals surface area contributed by atoms with E-state index >= 15 is 0 Å². The lowest BCUT2D eigenvalue weighted by atomic mass is 10.4. The predicted molar refractivity (Wildman–Crippen MR) is 39.1 cm³/mol. The number of hydrogen-bond acceptors (Lipinski definition) is 5. The van der Waals surface area contributed by atoms with Gasteiger partial charge in [-0.1, -0.05) is 5.16 Å². The molecule has 0 spiro atoms. The molecular weight excluding hydrogens is 156 g/mol. The van der Waals surface area contributed by atoms with Crippen molar-refractivity contribution in [1.29, 1.82) is 0 Å². The van der Waals surface area contributed by atoms with Gasteiger partial charge in [0, 0.05) is 12.4 Å². The van der Waals surface area contributed by atoms with Crippen LogP contribution in [0.25, 0.3) is 0 Å². The average Bonchev–Trinajstić information content (AvgIpc) is 2.59.